The molecule has 1 heterocycles. The minimum absolute atomic E-state index is 0.222. The van der Waals surface area contributed by atoms with Crippen LogP contribution in [-0.4, -0.2) is 40.1 Å². The second-order valence-electron chi connectivity index (χ2n) is 7.16. The molecule has 3 rings (SSSR count). The number of hydrogen-bond acceptors (Lipinski definition) is 6. The second kappa shape index (κ2) is 10.4. The van der Waals surface area contributed by atoms with Gasteiger partial charge in [-0.15, -0.1) is 0 Å². The molecular weight excluding hydrogens is 424 g/mol. The van der Waals surface area contributed by atoms with Crippen LogP contribution in [0.5, 0.6) is 0 Å². The summed E-state index contributed by atoms with van der Waals surface area (Å²) in [4.78, 5) is 36.7. The van der Waals surface area contributed by atoms with Crippen molar-refractivity contribution >= 4 is 17.8 Å². The van der Waals surface area contributed by atoms with Crippen LogP contribution in [-0.2, 0) is 20.7 Å². The quantitative estimate of drug-likeness (QED) is 0.293. The summed E-state index contributed by atoms with van der Waals surface area (Å²) < 4.78 is 12.8. The topological polar surface area (TPSA) is 129 Å². The van der Waals surface area contributed by atoms with Gasteiger partial charge < -0.3 is 15.2 Å². The number of nitrogen functional groups attached to an aromatic ring is 1. The Morgan fingerprint density at radius 3 is 2.27 bits per heavy atom. The third-order valence-electron chi connectivity index (χ3n) is 4.97. The summed E-state index contributed by atoms with van der Waals surface area (Å²) in [5.41, 5.74) is 7.83. The fourth-order valence-electron chi connectivity index (χ4n) is 3.36. The van der Waals surface area contributed by atoms with Gasteiger partial charge in [0, 0.05) is 24.4 Å². The number of amidine groups is 1. The normalized spacial score (nSPS) is 10.6. The Balaban J connectivity index is 1.88. The molecule has 3 N–H and O–H groups in total. The van der Waals surface area contributed by atoms with E-state index in [0.717, 1.165) is 5.56 Å². The van der Waals surface area contributed by atoms with Gasteiger partial charge in [-0.25, -0.2) is 9.59 Å². The molecule has 0 saturated carbocycles. The fourth-order valence-corrected chi connectivity index (χ4v) is 3.36. The lowest BCUT2D eigenvalue weighted by atomic mass is 10.1. The number of imidazole rings is 1. The predicted molar refractivity (Wildman–Crippen MR) is 123 cm³/mol. The lowest BCUT2D eigenvalue weighted by molar-refractivity contribution is -0.143. The van der Waals surface area contributed by atoms with Gasteiger partial charge in [-0.05, 0) is 56.2 Å². The van der Waals surface area contributed by atoms with Crippen molar-refractivity contribution < 1.29 is 19.1 Å². The predicted octanol–water partition coefficient (Wildman–Crippen LogP) is 2.58. The molecule has 33 heavy (non-hydrogen) atoms. The molecule has 0 spiro atoms. The summed E-state index contributed by atoms with van der Waals surface area (Å²) in [7, 11) is 0. The van der Waals surface area contributed by atoms with E-state index in [1.165, 1.54) is 21.3 Å². The zero-order valence-corrected chi connectivity index (χ0v) is 18.5. The van der Waals surface area contributed by atoms with E-state index in [4.69, 9.17) is 20.6 Å². The molecule has 0 bridgehead atoms. The highest BCUT2D eigenvalue weighted by Crippen LogP contribution is 2.17. The first-order chi connectivity index (χ1) is 15.8. The van der Waals surface area contributed by atoms with Gasteiger partial charge >= 0.3 is 17.6 Å². The third kappa shape index (κ3) is 5.38. The van der Waals surface area contributed by atoms with E-state index in [1.54, 1.807) is 44.4 Å². The smallest absolute Gasteiger partial charge is 0.338 e. The molecule has 0 aliphatic carbocycles. The van der Waals surface area contributed by atoms with Crippen molar-refractivity contribution in [3.8, 4) is 11.4 Å². The number of nitrogens with one attached hydrogen (secondary N) is 1. The molecule has 1 aromatic heterocycles. The number of carbonyl (C=O) groups is 2. The Morgan fingerprint density at radius 1 is 0.970 bits per heavy atom. The van der Waals surface area contributed by atoms with E-state index in [9.17, 15) is 14.4 Å². The van der Waals surface area contributed by atoms with Crippen LogP contribution in [0.15, 0.2) is 59.7 Å². The maximum atomic E-state index is 13.1. The average molecular weight is 450 g/mol. The first-order valence-electron chi connectivity index (χ1n) is 10.6. The van der Waals surface area contributed by atoms with Gasteiger partial charge in [-0.1, -0.05) is 12.1 Å². The van der Waals surface area contributed by atoms with E-state index in [1.807, 2.05) is 12.1 Å². The molecule has 0 radical (unpaired) electrons. The maximum absolute atomic E-state index is 13.1. The number of carbonyl (C=O) groups excluding carboxylic acids is 2. The summed E-state index contributed by atoms with van der Waals surface area (Å²) in [6.45, 7) is 4.05. The Morgan fingerprint density at radius 2 is 1.64 bits per heavy atom. The van der Waals surface area contributed by atoms with Crippen LogP contribution in [0.2, 0.25) is 0 Å². The van der Waals surface area contributed by atoms with E-state index in [0.29, 0.717) is 30.8 Å². The highest BCUT2D eigenvalue weighted by molar-refractivity contribution is 6.01. The molecule has 0 amide bonds. The first kappa shape index (κ1) is 23.5. The first-order valence-corrected chi connectivity index (χ1v) is 10.6. The molecule has 0 saturated heterocycles. The van der Waals surface area contributed by atoms with Crippen LogP contribution in [0.3, 0.4) is 0 Å². The number of nitrogens with two attached hydrogens (primary N) is 1. The summed E-state index contributed by atoms with van der Waals surface area (Å²) in [6, 6.07) is 11.8. The SMILES string of the molecule is CCOC(=O)CCc1ccc(-n2ccn(-c3ccc(C(=O)OCC)cc3C(=N)N)c2=O)cc1. The van der Waals surface area contributed by atoms with Crippen LogP contribution in [0.4, 0.5) is 0 Å². The van der Waals surface area contributed by atoms with Gasteiger partial charge in [0.05, 0.1) is 30.2 Å². The molecule has 3 aromatic rings. The van der Waals surface area contributed by atoms with Gasteiger partial charge in [0.25, 0.3) is 0 Å². The number of hydrogen-bond donors (Lipinski definition) is 2. The molecule has 9 nitrogen and oxygen atoms in total. The number of aromatic nitrogens is 2. The summed E-state index contributed by atoms with van der Waals surface area (Å²) in [6.07, 6.45) is 4.02. The molecule has 172 valence electrons. The highest BCUT2D eigenvalue weighted by Gasteiger charge is 2.16. The number of aryl methyl sites for hydroxylation is 1. The minimum Gasteiger partial charge on any atom is -0.466 e. The van der Waals surface area contributed by atoms with Crippen molar-refractivity contribution in [2.75, 3.05) is 13.2 Å². The maximum Gasteiger partial charge on any atom is 0.338 e. The van der Waals surface area contributed by atoms with Gasteiger partial charge in [0.15, 0.2) is 0 Å². The lowest BCUT2D eigenvalue weighted by Gasteiger charge is -2.11. The Kier molecular flexibility index (Phi) is 7.45. The molecule has 0 aliphatic heterocycles. The number of rotatable bonds is 9. The molecule has 2 aromatic carbocycles. The molecule has 9 heteroatoms. The van der Waals surface area contributed by atoms with Gasteiger partial charge in [-0.2, -0.15) is 0 Å². The van der Waals surface area contributed by atoms with Crippen LogP contribution >= 0.6 is 0 Å². The van der Waals surface area contributed by atoms with Gasteiger partial charge in [-0.3, -0.25) is 19.3 Å². The number of esters is 2. The Hall–Kier alpha value is -4.14. The summed E-state index contributed by atoms with van der Waals surface area (Å²) >= 11 is 0. The molecule has 0 atom stereocenters. The molecular formula is C24H26N4O5. The highest BCUT2D eigenvalue weighted by atomic mass is 16.5. The minimum atomic E-state index is -0.528. The number of nitrogens with zero attached hydrogens (tertiary/aromatic N) is 2. The van der Waals surface area contributed by atoms with Crippen LogP contribution in [0.25, 0.3) is 11.4 Å². The molecule has 0 fully saturated rings. The third-order valence-corrected chi connectivity index (χ3v) is 4.97. The summed E-state index contributed by atoms with van der Waals surface area (Å²) in [5, 5.41) is 7.90. The Labute approximate surface area is 190 Å². The zero-order valence-electron chi connectivity index (χ0n) is 18.5. The van der Waals surface area contributed by atoms with Crippen molar-refractivity contribution in [1.82, 2.24) is 9.13 Å². The average Bonchev–Trinajstić information content (AvgIpc) is 3.19. The van der Waals surface area contributed by atoms with Crippen LogP contribution in [0.1, 0.15) is 41.8 Å². The van der Waals surface area contributed by atoms with E-state index in [2.05, 4.69) is 0 Å². The molecule has 0 unspecified atom stereocenters. The van der Waals surface area contributed by atoms with Gasteiger partial charge in [0.2, 0.25) is 0 Å². The van der Waals surface area contributed by atoms with Crippen molar-refractivity contribution in [1.29, 1.82) is 5.41 Å². The van der Waals surface area contributed by atoms with E-state index >= 15 is 0 Å². The van der Waals surface area contributed by atoms with Gasteiger partial charge in [0.1, 0.15) is 5.84 Å². The number of benzene rings is 2. The zero-order chi connectivity index (χ0) is 24.0. The Bertz CT molecular complexity index is 1220. The van der Waals surface area contributed by atoms with Crippen LogP contribution < -0.4 is 11.4 Å². The molecule has 0 aliphatic rings. The number of ether oxygens (including phenoxy) is 2. The fraction of sp³-hybridized carbons (Fsp3) is 0.250. The van der Waals surface area contributed by atoms with E-state index < -0.39 is 5.97 Å². The van der Waals surface area contributed by atoms with Crippen molar-refractivity contribution in [2.24, 2.45) is 5.73 Å². The lowest BCUT2D eigenvalue weighted by Crippen LogP contribution is -2.25. The second-order valence-corrected chi connectivity index (χ2v) is 7.16. The van der Waals surface area contributed by atoms with Crippen molar-refractivity contribution in [3.63, 3.8) is 0 Å². The van der Waals surface area contributed by atoms with Crippen molar-refractivity contribution in [3.05, 3.63) is 82.0 Å². The van der Waals surface area contributed by atoms with Crippen molar-refractivity contribution in [2.45, 2.75) is 26.7 Å². The monoisotopic (exact) mass is 450 g/mol. The van der Waals surface area contributed by atoms with E-state index in [-0.39, 0.29) is 35.2 Å². The van der Waals surface area contributed by atoms with Crippen LogP contribution in [0, 0.1) is 5.41 Å². The largest absolute Gasteiger partial charge is 0.466 e. The summed E-state index contributed by atoms with van der Waals surface area (Å²) in [5.74, 6) is -1.05. The standard InChI is InChI=1S/C24H26N4O5/c1-3-32-21(29)12-7-16-5-9-18(10-6-16)27-13-14-28(24(27)31)20-11-8-17(23(30)33-4-2)15-19(20)22(25)26/h5-6,8-11,13-15H,3-4,7,12H2,1-2H3,(H3,25,26).